The third-order valence-corrected chi connectivity index (χ3v) is 6.38. The number of halogens is 3. The lowest BCUT2D eigenvalue weighted by Gasteiger charge is -2.27. The molecule has 0 saturated heterocycles. The van der Waals surface area contributed by atoms with Crippen LogP contribution in [0.3, 0.4) is 0 Å². The van der Waals surface area contributed by atoms with Crippen molar-refractivity contribution < 1.29 is 23.0 Å². The lowest BCUT2D eigenvalue weighted by molar-refractivity contribution is -0.0505. The number of hydrogen-bond donors (Lipinski definition) is 2. The van der Waals surface area contributed by atoms with Crippen LogP contribution in [-0.4, -0.2) is 31.1 Å². The molecule has 0 spiro atoms. The largest absolute Gasteiger partial charge is 0.434 e. The van der Waals surface area contributed by atoms with Gasteiger partial charge in [0.05, 0.1) is 17.4 Å². The lowest BCUT2D eigenvalue weighted by Crippen LogP contribution is -2.19. The Labute approximate surface area is 192 Å². The number of imidazole rings is 1. The average Bonchev–Trinajstić information content (AvgIpc) is 3.27. The van der Waals surface area contributed by atoms with Gasteiger partial charge in [-0.05, 0) is 32.4 Å². The monoisotopic (exact) mass is 467 g/mol. The van der Waals surface area contributed by atoms with Gasteiger partial charge in [-0.1, -0.05) is 6.07 Å². The first-order chi connectivity index (χ1) is 16.2. The van der Waals surface area contributed by atoms with Crippen molar-refractivity contribution in [2.45, 2.75) is 44.4 Å². The van der Waals surface area contributed by atoms with Crippen LogP contribution < -0.4 is 10.1 Å². The molecular formula is C24H20F3N5O2. The summed E-state index contributed by atoms with van der Waals surface area (Å²) in [4.78, 5) is 13.0. The summed E-state index contributed by atoms with van der Waals surface area (Å²) < 4.78 is 47.8. The number of anilines is 1. The molecule has 2 atom stereocenters. The van der Waals surface area contributed by atoms with Gasteiger partial charge >= 0.3 is 6.61 Å². The number of benzene rings is 1. The quantitative estimate of drug-likeness (QED) is 0.450. The summed E-state index contributed by atoms with van der Waals surface area (Å²) in [6.07, 6.45) is 5.19. The summed E-state index contributed by atoms with van der Waals surface area (Å²) in [5, 5.41) is 13.5. The first-order valence-corrected chi connectivity index (χ1v) is 10.8. The molecule has 10 heteroatoms. The van der Waals surface area contributed by atoms with Crippen molar-refractivity contribution in [3.8, 4) is 16.9 Å². The van der Waals surface area contributed by atoms with E-state index in [9.17, 15) is 13.9 Å². The Hall–Kier alpha value is -3.66. The van der Waals surface area contributed by atoms with Crippen LogP contribution in [0.25, 0.3) is 16.8 Å². The fourth-order valence-corrected chi connectivity index (χ4v) is 4.96. The maximum Gasteiger partial charge on any atom is 0.387 e. The van der Waals surface area contributed by atoms with Gasteiger partial charge < -0.3 is 19.6 Å². The van der Waals surface area contributed by atoms with E-state index in [-0.39, 0.29) is 29.1 Å². The Morgan fingerprint density at radius 2 is 2.00 bits per heavy atom. The van der Waals surface area contributed by atoms with E-state index in [4.69, 9.17) is 4.74 Å². The summed E-state index contributed by atoms with van der Waals surface area (Å²) in [6.45, 7) is 0.193. The second-order valence-electron chi connectivity index (χ2n) is 9.08. The predicted molar refractivity (Wildman–Crippen MR) is 117 cm³/mol. The van der Waals surface area contributed by atoms with E-state index in [1.165, 1.54) is 24.5 Å². The molecule has 4 aromatic rings. The van der Waals surface area contributed by atoms with Gasteiger partial charge in [-0.3, -0.25) is 0 Å². The molecule has 6 rings (SSSR count). The summed E-state index contributed by atoms with van der Waals surface area (Å²) >= 11 is 0. The van der Waals surface area contributed by atoms with E-state index in [0.717, 1.165) is 17.1 Å². The van der Waals surface area contributed by atoms with Crippen molar-refractivity contribution >= 4 is 11.3 Å². The molecule has 0 fully saturated rings. The van der Waals surface area contributed by atoms with Crippen molar-refractivity contribution in [3.05, 3.63) is 71.4 Å². The molecule has 2 bridgehead atoms. The van der Waals surface area contributed by atoms with Crippen LogP contribution in [0.15, 0.2) is 42.9 Å². The minimum Gasteiger partial charge on any atom is -0.434 e. The van der Waals surface area contributed by atoms with Gasteiger partial charge in [0.15, 0.2) is 5.82 Å². The molecule has 0 saturated carbocycles. The Morgan fingerprint density at radius 3 is 2.71 bits per heavy atom. The maximum absolute atomic E-state index is 15.1. The number of nitrogens with zero attached hydrogens (tertiary/aromatic N) is 4. The minimum atomic E-state index is -2.94. The number of rotatable bonds is 4. The van der Waals surface area contributed by atoms with E-state index < -0.39 is 18.0 Å². The molecule has 2 N–H and O–H groups in total. The van der Waals surface area contributed by atoms with Crippen LogP contribution in [0, 0.1) is 5.82 Å². The second-order valence-corrected chi connectivity index (χ2v) is 9.08. The Morgan fingerprint density at radius 1 is 1.24 bits per heavy atom. The van der Waals surface area contributed by atoms with E-state index in [2.05, 4.69) is 20.3 Å². The fourth-order valence-electron chi connectivity index (χ4n) is 4.96. The van der Waals surface area contributed by atoms with Crippen LogP contribution in [-0.2, 0) is 5.60 Å². The third kappa shape index (κ3) is 3.12. The van der Waals surface area contributed by atoms with Crippen molar-refractivity contribution in [1.82, 2.24) is 19.4 Å². The highest BCUT2D eigenvalue weighted by Gasteiger charge is 2.43. The maximum atomic E-state index is 15.1. The highest BCUT2D eigenvalue weighted by molar-refractivity contribution is 5.70. The summed E-state index contributed by atoms with van der Waals surface area (Å²) in [6, 6.07) is 6.26. The molecule has 1 aromatic carbocycles. The SMILES string of the molecule is CC(C)(O)c1ncc(-c2cn3c4c(nc3cc2F)C2CC4c3c(cccc3OC(F)F)N2)cn1. The van der Waals surface area contributed by atoms with Crippen molar-refractivity contribution in [2.24, 2.45) is 0 Å². The Bertz CT molecular complexity index is 1430. The summed E-state index contributed by atoms with van der Waals surface area (Å²) in [5.74, 6) is -0.391. The Kier molecular flexibility index (Phi) is 4.41. The minimum absolute atomic E-state index is 0.115. The topological polar surface area (TPSA) is 84.6 Å². The molecule has 2 aliphatic rings. The van der Waals surface area contributed by atoms with Crippen LogP contribution in [0.1, 0.15) is 55.0 Å². The third-order valence-electron chi connectivity index (χ3n) is 6.38. The molecule has 1 aliphatic heterocycles. The standard InChI is InChI=1S/C24H20F3N5O2/c1-24(2,33)22-28-8-11(9-29-22)13-10-32-18(7-14(13)25)31-20-16-6-12(21(20)32)19-15(30-16)4-3-5-17(19)34-23(26)27/h3-5,7-10,12,16,23,30,33H,6H2,1-2H3. The molecule has 3 aromatic heterocycles. The van der Waals surface area contributed by atoms with Gasteiger partial charge in [0, 0.05) is 53.0 Å². The van der Waals surface area contributed by atoms with E-state index >= 15 is 4.39 Å². The number of aromatic nitrogens is 4. The zero-order valence-electron chi connectivity index (χ0n) is 18.3. The molecular weight excluding hydrogens is 447 g/mol. The fraction of sp³-hybridized carbons (Fsp3) is 0.292. The molecule has 0 amide bonds. The zero-order valence-corrected chi connectivity index (χ0v) is 18.3. The number of hydrogen-bond acceptors (Lipinski definition) is 6. The smallest absolute Gasteiger partial charge is 0.387 e. The first kappa shape index (κ1) is 20.9. The van der Waals surface area contributed by atoms with Gasteiger partial charge in [0.25, 0.3) is 0 Å². The van der Waals surface area contributed by atoms with E-state index in [1.807, 2.05) is 6.07 Å². The highest BCUT2D eigenvalue weighted by atomic mass is 19.3. The van der Waals surface area contributed by atoms with Crippen LogP contribution in [0.4, 0.5) is 18.9 Å². The molecule has 4 heterocycles. The number of ether oxygens (including phenoxy) is 1. The molecule has 1 aliphatic carbocycles. The van der Waals surface area contributed by atoms with E-state index in [1.54, 1.807) is 30.5 Å². The average molecular weight is 467 g/mol. The molecule has 7 nitrogen and oxygen atoms in total. The van der Waals surface area contributed by atoms with E-state index in [0.29, 0.717) is 23.2 Å². The van der Waals surface area contributed by atoms with Gasteiger partial charge in [0.1, 0.15) is 22.8 Å². The summed E-state index contributed by atoms with van der Waals surface area (Å²) in [5.41, 5.74) is 2.85. The zero-order chi connectivity index (χ0) is 23.8. The number of alkyl halides is 2. The normalized spacial score (nSPS) is 18.7. The van der Waals surface area contributed by atoms with Crippen LogP contribution >= 0.6 is 0 Å². The first-order valence-electron chi connectivity index (χ1n) is 10.8. The van der Waals surface area contributed by atoms with Crippen LogP contribution in [0.5, 0.6) is 5.75 Å². The van der Waals surface area contributed by atoms with Gasteiger partial charge in [-0.2, -0.15) is 8.78 Å². The molecule has 0 radical (unpaired) electrons. The van der Waals surface area contributed by atoms with Gasteiger partial charge in [-0.25, -0.2) is 19.3 Å². The van der Waals surface area contributed by atoms with Crippen molar-refractivity contribution in [1.29, 1.82) is 0 Å². The molecule has 2 unspecified atom stereocenters. The predicted octanol–water partition coefficient (Wildman–Crippen LogP) is 4.76. The van der Waals surface area contributed by atoms with Gasteiger partial charge in [0.2, 0.25) is 0 Å². The number of nitrogens with one attached hydrogen (secondary N) is 1. The highest BCUT2D eigenvalue weighted by Crippen LogP contribution is 2.54. The molecule has 34 heavy (non-hydrogen) atoms. The molecule has 174 valence electrons. The number of pyridine rings is 1. The van der Waals surface area contributed by atoms with Crippen molar-refractivity contribution in [3.63, 3.8) is 0 Å². The van der Waals surface area contributed by atoms with Gasteiger partial charge in [-0.15, -0.1) is 0 Å². The Balaban J connectivity index is 1.50. The second kappa shape index (κ2) is 7.17. The lowest BCUT2D eigenvalue weighted by atomic mass is 9.90. The number of aliphatic hydroxyl groups is 1. The van der Waals surface area contributed by atoms with Crippen molar-refractivity contribution in [2.75, 3.05) is 5.32 Å². The van der Waals surface area contributed by atoms with Crippen LogP contribution in [0.2, 0.25) is 0 Å². The summed E-state index contributed by atoms with van der Waals surface area (Å²) in [7, 11) is 0. The number of fused-ring (bicyclic) bond motifs is 9.